The SMILES string of the molecule is COc1ccccc1/C=C1\SC(=S)N(CCCSC)C1=O. The smallest absolute Gasteiger partial charge is 0.266 e. The van der Waals surface area contributed by atoms with Crippen molar-refractivity contribution in [2.24, 2.45) is 0 Å². The van der Waals surface area contributed by atoms with Gasteiger partial charge < -0.3 is 4.74 Å². The monoisotopic (exact) mass is 339 g/mol. The predicted molar refractivity (Wildman–Crippen MR) is 95.9 cm³/mol. The summed E-state index contributed by atoms with van der Waals surface area (Å²) in [6.45, 7) is 0.689. The van der Waals surface area contributed by atoms with Gasteiger partial charge in [-0.15, -0.1) is 0 Å². The lowest BCUT2D eigenvalue weighted by Gasteiger charge is -2.13. The summed E-state index contributed by atoms with van der Waals surface area (Å²) < 4.78 is 5.95. The number of benzene rings is 1. The van der Waals surface area contributed by atoms with Crippen LogP contribution in [0.15, 0.2) is 29.2 Å². The van der Waals surface area contributed by atoms with Crippen molar-refractivity contribution in [3.8, 4) is 5.75 Å². The van der Waals surface area contributed by atoms with Crippen LogP contribution in [0.4, 0.5) is 0 Å². The Morgan fingerprint density at radius 2 is 2.19 bits per heavy atom. The molecule has 21 heavy (non-hydrogen) atoms. The fraction of sp³-hybridized carbons (Fsp3) is 0.333. The van der Waals surface area contributed by atoms with E-state index in [-0.39, 0.29) is 5.91 Å². The number of ether oxygens (including phenoxy) is 1. The highest BCUT2D eigenvalue weighted by molar-refractivity contribution is 8.26. The van der Waals surface area contributed by atoms with Gasteiger partial charge in [0.15, 0.2) is 0 Å². The van der Waals surface area contributed by atoms with Gasteiger partial charge in [-0.2, -0.15) is 11.8 Å². The molecule has 0 saturated carbocycles. The van der Waals surface area contributed by atoms with Crippen molar-refractivity contribution in [3.63, 3.8) is 0 Å². The van der Waals surface area contributed by atoms with Crippen LogP contribution < -0.4 is 4.74 Å². The molecule has 1 amide bonds. The Morgan fingerprint density at radius 1 is 1.43 bits per heavy atom. The molecule has 1 fully saturated rings. The number of carbonyl (C=O) groups is 1. The van der Waals surface area contributed by atoms with Crippen molar-refractivity contribution in [3.05, 3.63) is 34.7 Å². The summed E-state index contributed by atoms with van der Waals surface area (Å²) in [4.78, 5) is 14.8. The van der Waals surface area contributed by atoms with Crippen molar-refractivity contribution in [1.82, 2.24) is 4.90 Å². The summed E-state index contributed by atoms with van der Waals surface area (Å²) in [6.07, 6.45) is 4.87. The molecular weight excluding hydrogens is 322 g/mol. The van der Waals surface area contributed by atoms with Gasteiger partial charge >= 0.3 is 0 Å². The Bertz CT molecular complexity index is 572. The third-order valence-electron chi connectivity index (χ3n) is 3.03. The van der Waals surface area contributed by atoms with E-state index in [0.29, 0.717) is 15.8 Å². The number of nitrogens with zero attached hydrogens (tertiary/aromatic N) is 1. The topological polar surface area (TPSA) is 29.5 Å². The maximum absolute atomic E-state index is 12.4. The van der Waals surface area contributed by atoms with Crippen molar-refractivity contribution >= 4 is 52.0 Å². The molecule has 1 aliphatic rings. The predicted octanol–water partition coefficient (Wildman–Crippen LogP) is 3.65. The van der Waals surface area contributed by atoms with Gasteiger partial charge in [0.05, 0.1) is 12.0 Å². The summed E-state index contributed by atoms with van der Waals surface area (Å²) in [5, 5.41) is 0. The van der Waals surface area contributed by atoms with Crippen LogP contribution in [0.3, 0.4) is 0 Å². The molecular formula is C15H17NO2S3. The molecule has 0 aromatic heterocycles. The first-order valence-corrected chi connectivity index (χ1v) is 9.16. The van der Waals surface area contributed by atoms with Crippen LogP contribution in [-0.2, 0) is 4.79 Å². The fourth-order valence-corrected chi connectivity index (χ4v) is 3.70. The maximum Gasteiger partial charge on any atom is 0.266 e. The molecule has 0 bridgehead atoms. The number of thioether (sulfide) groups is 2. The second-order valence-electron chi connectivity index (χ2n) is 4.42. The number of para-hydroxylation sites is 1. The summed E-state index contributed by atoms with van der Waals surface area (Å²) >= 11 is 8.45. The molecule has 1 aromatic carbocycles. The zero-order valence-electron chi connectivity index (χ0n) is 12.0. The largest absolute Gasteiger partial charge is 0.496 e. The van der Waals surface area contributed by atoms with E-state index in [4.69, 9.17) is 17.0 Å². The van der Waals surface area contributed by atoms with Crippen LogP contribution in [0.2, 0.25) is 0 Å². The van der Waals surface area contributed by atoms with Gasteiger partial charge in [0, 0.05) is 12.1 Å². The van der Waals surface area contributed by atoms with E-state index < -0.39 is 0 Å². The van der Waals surface area contributed by atoms with Gasteiger partial charge in [0.2, 0.25) is 0 Å². The lowest BCUT2D eigenvalue weighted by molar-refractivity contribution is -0.122. The molecule has 0 spiro atoms. The van der Waals surface area contributed by atoms with Crippen molar-refractivity contribution in [1.29, 1.82) is 0 Å². The summed E-state index contributed by atoms with van der Waals surface area (Å²) in [5.41, 5.74) is 0.893. The molecule has 6 heteroatoms. The normalized spacial score (nSPS) is 16.9. The minimum Gasteiger partial charge on any atom is -0.496 e. The van der Waals surface area contributed by atoms with E-state index in [1.807, 2.05) is 30.3 Å². The summed E-state index contributed by atoms with van der Waals surface area (Å²) in [7, 11) is 1.63. The molecule has 112 valence electrons. The summed E-state index contributed by atoms with van der Waals surface area (Å²) in [6, 6.07) is 7.64. The van der Waals surface area contributed by atoms with Crippen LogP contribution in [0.25, 0.3) is 6.08 Å². The second-order valence-corrected chi connectivity index (χ2v) is 7.08. The number of thiocarbonyl (C=S) groups is 1. The Morgan fingerprint density at radius 3 is 2.90 bits per heavy atom. The molecule has 0 atom stereocenters. The molecule has 0 unspecified atom stereocenters. The molecule has 0 radical (unpaired) electrons. The molecule has 1 aromatic rings. The molecule has 2 rings (SSSR count). The van der Waals surface area contributed by atoms with Gasteiger partial charge in [-0.1, -0.05) is 42.2 Å². The lowest BCUT2D eigenvalue weighted by Crippen LogP contribution is -2.29. The van der Waals surface area contributed by atoms with Gasteiger partial charge in [0.1, 0.15) is 10.1 Å². The Labute approximate surface area is 139 Å². The number of hydrogen-bond acceptors (Lipinski definition) is 5. The van der Waals surface area contributed by atoms with Crippen LogP contribution in [0.5, 0.6) is 5.75 Å². The molecule has 0 aliphatic carbocycles. The van der Waals surface area contributed by atoms with Crippen LogP contribution in [0.1, 0.15) is 12.0 Å². The Hall–Kier alpha value is -0.980. The van der Waals surface area contributed by atoms with E-state index in [1.165, 1.54) is 11.8 Å². The maximum atomic E-state index is 12.4. The molecule has 0 N–H and O–H groups in total. The third-order valence-corrected chi connectivity index (χ3v) is 5.10. The number of rotatable bonds is 6. The third kappa shape index (κ3) is 4.02. The number of carbonyl (C=O) groups excluding carboxylic acids is 1. The van der Waals surface area contributed by atoms with Crippen molar-refractivity contribution in [2.75, 3.05) is 25.7 Å². The zero-order valence-corrected chi connectivity index (χ0v) is 14.4. The second kappa shape index (κ2) is 7.87. The van der Waals surface area contributed by atoms with Gasteiger partial charge in [-0.05, 0) is 30.6 Å². The van der Waals surface area contributed by atoms with Gasteiger partial charge in [-0.25, -0.2) is 0 Å². The first-order valence-electron chi connectivity index (χ1n) is 6.54. The minimum absolute atomic E-state index is 0.00277. The van der Waals surface area contributed by atoms with Gasteiger partial charge in [-0.3, -0.25) is 9.69 Å². The van der Waals surface area contributed by atoms with Crippen LogP contribution in [0, 0.1) is 0 Å². The van der Waals surface area contributed by atoms with Gasteiger partial charge in [0.25, 0.3) is 5.91 Å². The standard InChI is InChI=1S/C15H17NO2S3/c1-18-12-7-4-3-6-11(12)10-13-14(17)16(15(19)21-13)8-5-9-20-2/h3-4,6-7,10H,5,8-9H2,1-2H3/b13-10-. The number of amides is 1. The van der Waals surface area contributed by atoms with Crippen molar-refractivity contribution < 1.29 is 9.53 Å². The van der Waals surface area contributed by atoms with Crippen molar-refractivity contribution in [2.45, 2.75) is 6.42 Å². The zero-order chi connectivity index (χ0) is 15.2. The molecule has 1 aliphatic heterocycles. The van der Waals surface area contributed by atoms with E-state index in [0.717, 1.165) is 23.5 Å². The highest BCUT2D eigenvalue weighted by Crippen LogP contribution is 2.34. The Kier molecular flexibility index (Phi) is 6.14. The fourth-order valence-electron chi connectivity index (χ4n) is 1.99. The lowest BCUT2D eigenvalue weighted by atomic mass is 10.2. The van der Waals surface area contributed by atoms with Crippen LogP contribution >= 0.6 is 35.7 Å². The quantitative estimate of drug-likeness (QED) is 0.448. The van der Waals surface area contributed by atoms with E-state index >= 15 is 0 Å². The minimum atomic E-state index is -0.00277. The highest BCUT2D eigenvalue weighted by Gasteiger charge is 2.31. The summed E-state index contributed by atoms with van der Waals surface area (Å²) in [5.74, 6) is 1.78. The van der Waals surface area contributed by atoms with E-state index in [1.54, 1.807) is 23.8 Å². The van der Waals surface area contributed by atoms with Crippen LogP contribution in [-0.4, -0.2) is 40.8 Å². The van der Waals surface area contributed by atoms with E-state index in [9.17, 15) is 4.79 Å². The molecule has 1 heterocycles. The molecule has 1 saturated heterocycles. The Balaban J connectivity index is 2.16. The number of methoxy groups -OCH3 is 1. The molecule has 3 nitrogen and oxygen atoms in total. The average molecular weight is 340 g/mol. The first kappa shape index (κ1) is 16.4. The first-order chi connectivity index (χ1) is 10.2. The van der Waals surface area contributed by atoms with E-state index in [2.05, 4.69) is 6.26 Å². The number of hydrogen-bond donors (Lipinski definition) is 0. The average Bonchev–Trinajstić information content (AvgIpc) is 2.75. The highest BCUT2D eigenvalue weighted by atomic mass is 32.2.